The maximum absolute atomic E-state index is 12.9. The van der Waals surface area contributed by atoms with E-state index in [0.717, 1.165) is 31.2 Å². The van der Waals surface area contributed by atoms with E-state index in [1.165, 1.54) is 24.3 Å². The lowest BCUT2D eigenvalue weighted by molar-refractivity contribution is -0.138. The molecule has 1 aromatic carbocycles. The molecule has 3 rings (SSSR count). The minimum absolute atomic E-state index is 0.0562. The van der Waals surface area contributed by atoms with Gasteiger partial charge in [0.05, 0.1) is 33.9 Å². The Labute approximate surface area is 204 Å². The Morgan fingerprint density at radius 1 is 1.30 bits per heavy atom. The standard InChI is InChI=1S/C25H28ClN3O3S/c1-3-13-32-25(31)22-16(2)28-24(33-15-21(30)29-19-7-5-4-6-8-19)20(14-27)23(22)17-9-11-18(26)12-10-17/h3,9-12,19,23,28H,1,4-8,13,15H2,2H3,(H,29,30)/t23-/m1/s1. The first-order valence-electron chi connectivity index (χ1n) is 11.0. The molecule has 2 N–H and O–H groups in total. The van der Waals surface area contributed by atoms with Crippen molar-refractivity contribution in [3.05, 3.63) is 69.4 Å². The number of carbonyl (C=O) groups excluding carboxylic acids is 2. The Morgan fingerprint density at radius 3 is 2.64 bits per heavy atom. The fourth-order valence-electron chi connectivity index (χ4n) is 4.15. The smallest absolute Gasteiger partial charge is 0.337 e. The van der Waals surface area contributed by atoms with Gasteiger partial charge in [0.1, 0.15) is 6.61 Å². The largest absolute Gasteiger partial charge is 0.458 e. The molecule has 1 heterocycles. The van der Waals surface area contributed by atoms with Gasteiger partial charge in [0, 0.05) is 16.8 Å². The van der Waals surface area contributed by atoms with E-state index in [1.807, 2.05) is 0 Å². The van der Waals surface area contributed by atoms with Crippen LogP contribution in [0.4, 0.5) is 0 Å². The molecular formula is C25H28ClN3O3S. The molecule has 174 valence electrons. The number of hydrogen-bond acceptors (Lipinski definition) is 6. The number of amides is 1. The second-order valence-corrected chi connectivity index (χ2v) is 9.50. The highest BCUT2D eigenvalue weighted by atomic mass is 35.5. The van der Waals surface area contributed by atoms with Crippen molar-refractivity contribution in [2.24, 2.45) is 0 Å². The summed E-state index contributed by atoms with van der Waals surface area (Å²) in [6.07, 6.45) is 7.02. The molecule has 1 fully saturated rings. The van der Waals surface area contributed by atoms with Crippen molar-refractivity contribution in [1.82, 2.24) is 10.6 Å². The van der Waals surface area contributed by atoms with E-state index >= 15 is 0 Å². The van der Waals surface area contributed by atoms with Crippen LogP contribution in [0.5, 0.6) is 0 Å². The van der Waals surface area contributed by atoms with Gasteiger partial charge in [0.15, 0.2) is 0 Å². The molecule has 1 amide bonds. The maximum Gasteiger partial charge on any atom is 0.337 e. The quantitative estimate of drug-likeness (QED) is 0.400. The number of rotatable bonds is 8. The maximum atomic E-state index is 12.9. The zero-order valence-corrected chi connectivity index (χ0v) is 20.2. The number of esters is 1. The van der Waals surface area contributed by atoms with Crippen LogP contribution >= 0.6 is 23.4 Å². The molecule has 0 unspecified atom stereocenters. The summed E-state index contributed by atoms with van der Waals surface area (Å²) in [5, 5.41) is 17.4. The molecule has 0 aromatic heterocycles. The van der Waals surface area contributed by atoms with Crippen LogP contribution in [0.1, 0.15) is 50.5 Å². The van der Waals surface area contributed by atoms with E-state index < -0.39 is 11.9 Å². The van der Waals surface area contributed by atoms with Crippen LogP contribution in [-0.4, -0.2) is 30.3 Å². The van der Waals surface area contributed by atoms with Crippen LogP contribution in [0.15, 0.2) is 58.8 Å². The highest BCUT2D eigenvalue weighted by Crippen LogP contribution is 2.41. The second-order valence-electron chi connectivity index (χ2n) is 8.08. The number of nitrogens with zero attached hydrogens (tertiary/aromatic N) is 1. The van der Waals surface area contributed by atoms with Gasteiger partial charge in [-0.25, -0.2) is 4.79 Å². The van der Waals surface area contributed by atoms with E-state index in [-0.39, 0.29) is 24.3 Å². The molecule has 0 bridgehead atoms. The van der Waals surface area contributed by atoms with Crippen LogP contribution in [0, 0.1) is 11.3 Å². The molecule has 1 aromatic rings. The van der Waals surface area contributed by atoms with Gasteiger partial charge in [-0.2, -0.15) is 5.26 Å². The van der Waals surface area contributed by atoms with Crippen molar-refractivity contribution < 1.29 is 14.3 Å². The number of benzene rings is 1. The zero-order chi connectivity index (χ0) is 23.8. The van der Waals surface area contributed by atoms with Crippen LogP contribution in [-0.2, 0) is 14.3 Å². The van der Waals surface area contributed by atoms with Crippen molar-refractivity contribution >= 4 is 35.2 Å². The van der Waals surface area contributed by atoms with Gasteiger partial charge >= 0.3 is 5.97 Å². The van der Waals surface area contributed by atoms with Gasteiger partial charge < -0.3 is 15.4 Å². The Kier molecular flexibility index (Phi) is 9.04. The molecule has 1 atom stereocenters. The van der Waals surface area contributed by atoms with E-state index in [2.05, 4.69) is 23.3 Å². The number of hydrogen-bond donors (Lipinski definition) is 2. The average Bonchev–Trinajstić information content (AvgIpc) is 2.82. The van der Waals surface area contributed by atoms with Crippen molar-refractivity contribution in [2.45, 2.75) is 51.0 Å². The predicted octanol–water partition coefficient (Wildman–Crippen LogP) is 4.95. The van der Waals surface area contributed by atoms with Crippen LogP contribution in [0.3, 0.4) is 0 Å². The molecule has 1 aliphatic carbocycles. The minimum Gasteiger partial charge on any atom is -0.458 e. The molecule has 0 spiro atoms. The monoisotopic (exact) mass is 485 g/mol. The first kappa shape index (κ1) is 24.9. The molecule has 0 radical (unpaired) electrons. The Bertz CT molecular complexity index is 1000. The van der Waals surface area contributed by atoms with Crippen LogP contribution in [0.2, 0.25) is 5.02 Å². The Hall–Kier alpha value is -2.69. The third-order valence-electron chi connectivity index (χ3n) is 5.72. The zero-order valence-electron chi connectivity index (χ0n) is 18.7. The van der Waals surface area contributed by atoms with Crippen molar-refractivity contribution in [3.8, 4) is 6.07 Å². The average molecular weight is 486 g/mol. The molecule has 1 aliphatic heterocycles. The third-order valence-corrected chi connectivity index (χ3v) is 6.99. The highest BCUT2D eigenvalue weighted by molar-refractivity contribution is 8.03. The number of carbonyl (C=O) groups is 2. The van der Waals surface area contributed by atoms with Gasteiger partial charge in [-0.15, -0.1) is 0 Å². The van der Waals surface area contributed by atoms with E-state index in [4.69, 9.17) is 16.3 Å². The summed E-state index contributed by atoms with van der Waals surface area (Å²) in [4.78, 5) is 25.4. The van der Waals surface area contributed by atoms with Crippen molar-refractivity contribution in [1.29, 1.82) is 5.26 Å². The van der Waals surface area contributed by atoms with Crippen molar-refractivity contribution in [2.75, 3.05) is 12.4 Å². The summed E-state index contributed by atoms with van der Waals surface area (Å²) in [5.74, 6) is -1.03. The number of thioether (sulfide) groups is 1. The summed E-state index contributed by atoms with van der Waals surface area (Å²) < 4.78 is 5.30. The molecule has 0 saturated heterocycles. The summed E-state index contributed by atoms with van der Waals surface area (Å²) in [6, 6.07) is 9.51. The first-order valence-corrected chi connectivity index (χ1v) is 12.4. The van der Waals surface area contributed by atoms with E-state index in [0.29, 0.717) is 26.9 Å². The third kappa shape index (κ3) is 6.43. The number of dihydropyridines is 1. The lowest BCUT2D eigenvalue weighted by atomic mass is 9.82. The first-order chi connectivity index (χ1) is 15.9. The fourth-order valence-corrected chi connectivity index (χ4v) is 5.18. The highest BCUT2D eigenvalue weighted by Gasteiger charge is 2.35. The number of nitriles is 1. The summed E-state index contributed by atoms with van der Waals surface area (Å²) in [5.41, 5.74) is 2.04. The molecular weight excluding hydrogens is 458 g/mol. The molecule has 1 saturated carbocycles. The topological polar surface area (TPSA) is 91.2 Å². The molecule has 33 heavy (non-hydrogen) atoms. The van der Waals surface area contributed by atoms with Gasteiger partial charge in [0.25, 0.3) is 0 Å². The Balaban J connectivity index is 1.85. The molecule has 2 aliphatic rings. The number of ether oxygens (including phenoxy) is 1. The normalized spacial score (nSPS) is 18.9. The number of nitrogens with one attached hydrogen (secondary N) is 2. The SMILES string of the molecule is C=CCOC(=O)C1=C(C)NC(SCC(=O)NC2CCCCC2)=C(C#N)[C@H]1c1ccc(Cl)cc1. The summed E-state index contributed by atoms with van der Waals surface area (Å²) in [6.45, 7) is 5.42. The van der Waals surface area contributed by atoms with Crippen LogP contribution < -0.4 is 10.6 Å². The van der Waals surface area contributed by atoms with Gasteiger partial charge in [0.2, 0.25) is 5.91 Å². The number of allylic oxidation sites excluding steroid dienone is 2. The lowest BCUT2D eigenvalue weighted by Gasteiger charge is -2.29. The van der Waals surface area contributed by atoms with Crippen molar-refractivity contribution in [3.63, 3.8) is 0 Å². The second kappa shape index (κ2) is 12.0. The van der Waals surface area contributed by atoms with E-state index in [1.54, 1.807) is 31.2 Å². The van der Waals surface area contributed by atoms with E-state index in [9.17, 15) is 14.9 Å². The Morgan fingerprint density at radius 2 is 2.00 bits per heavy atom. The van der Waals surface area contributed by atoms with Gasteiger partial charge in [-0.05, 0) is 37.5 Å². The minimum atomic E-state index is -0.630. The summed E-state index contributed by atoms with van der Waals surface area (Å²) in [7, 11) is 0. The predicted molar refractivity (Wildman–Crippen MR) is 131 cm³/mol. The fraction of sp³-hybridized carbons (Fsp3) is 0.400. The van der Waals surface area contributed by atoms with Gasteiger partial charge in [-0.1, -0.05) is 67.4 Å². The molecule has 8 heteroatoms. The van der Waals surface area contributed by atoms with Crippen LogP contribution in [0.25, 0.3) is 0 Å². The summed E-state index contributed by atoms with van der Waals surface area (Å²) >= 11 is 7.33. The van der Waals surface area contributed by atoms with Gasteiger partial charge in [-0.3, -0.25) is 4.79 Å². The number of halogens is 1. The molecule has 6 nitrogen and oxygen atoms in total. The lowest BCUT2D eigenvalue weighted by Crippen LogP contribution is -2.37.